The number of carboxylic acid groups (broad SMARTS) is 1. The van der Waals surface area contributed by atoms with Gasteiger partial charge >= 0.3 is 6.09 Å². The van der Waals surface area contributed by atoms with Gasteiger partial charge in [-0.1, -0.05) is 6.07 Å². The molecule has 1 aromatic heterocycles. The minimum absolute atomic E-state index is 0.274. The van der Waals surface area contributed by atoms with E-state index >= 15 is 0 Å². The Labute approximate surface area is 85.3 Å². The lowest BCUT2D eigenvalue weighted by molar-refractivity contribution is 0.203. The van der Waals surface area contributed by atoms with Gasteiger partial charge in [-0.05, 0) is 12.1 Å². The van der Waals surface area contributed by atoms with E-state index in [2.05, 4.69) is 9.97 Å². The minimum atomic E-state index is -1.04. The maximum absolute atomic E-state index is 10.8. The Morgan fingerprint density at radius 2 is 2.33 bits per heavy atom. The molecule has 0 bridgehead atoms. The monoisotopic (exact) mass is 206 g/mol. The van der Waals surface area contributed by atoms with Crippen molar-refractivity contribution in [3.05, 3.63) is 18.2 Å². The lowest BCUT2D eigenvalue weighted by atomic mass is 10.2. The van der Waals surface area contributed by atoms with Gasteiger partial charge in [-0.2, -0.15) is 0 Å². The average molecular weight is 206 g/mol. The van der Waals surface area contributed by atoms with Crippen molar-refractivity contribution in [1.82, 2.24) is 9.97 Å². The van der Waals surface area contributed by atoms with E-state index in [0.29, 0.717) is 11.2 Å². The lowest BCUT2D eigenvalue weighted by Crippen LogP contribution is -2.23. The second-order valence-electron chi connectivity index (χ2n) is 3.14. The third-order valence-corrected chi connectivity index (χ3v) is 2.16. The van der Waals surface area contributed by atoms with Crippen LogP contribution in [0.3, 0.4) is 0 Å². The Morgan fingerprint density at radius 1 is 1.60 bits per heavy atom. The van der Waals surface area contributed by atoms with Gasteiger partial charge in [-0.15, -0.1) is 0 Å². The fraction of sp³-hybridized carbons (Fsp3) is 0.111. The maximum Gasteiger partial charge on any atom is 0.411 e. The molecule has 6 nitrogen and oxygen atoms in total. The Bertz CT molecular complexity index is 520. The summed E-state index contributed by atoms with van der Waals surface area (Å²) in [5.41, 5.74) is 7.29. The number of imidazole rings is 1. The highest BCUT2D eigenvalue weighted by Crippen LogP contribution is 2.24. The summed E-state index contributed by atoms with van der Waals surface area (Å²) in [6.45, 7) is 0. The van der Waals surface area contributed by atoms with Gasteiger partial charge < -0.3 is 15.8 Å². The van der Waals surface area contributed by atoms with Crippen LogP contribution in [-0.2, 0) is 0 Å². The molecule has 0 radical (unpaired) electrons. The first-order valence-corrected chi connectivity index (χ1v) is 4.30. The molecule has 0 aliphatic carbocycles. The van der Waals surface area contributed by atoms with Crippen LogP contribution >= 0.6 is 0 Å². The van der Waals surface area contributed by atoms with Crippen molar-refractivity contribution in [3.63, 3.8) is 0 Å². The van der Waals surface area contributed by atoms with E-state index in [1.54, 1.807) is 18.2 Å². The topological polar surface area (TPSA) is 95.2 Å². The molecule has 1 heterocycles. The molecular weight excluding hydrogens is 196 g/mol. The van der Waals surface area contributed by atoms with Gasteiger partial charge in [0.25, 0.3) is 0 Å². The van der Waals surface area contributed by atoms with Gasteiger partial charge in [0.05, 0.1) is 11.2 Å². The number of benzene rings is 1. The number of carbonyl (C=O) groups is 1. The predicted octanol–water partition coefficient (Wildman–Crippen LogP) is 1.26. The third kappa shape index (κ3) is 1.45. The van der Waals surface area contributed by atoms with Crippen molar-refractivity contribution in [2.75, 3.05) is 17.7 Å². The zero-order valence-corrected chi connectivity index (χ0v) is 8.06. The molecule has 2 rings (SSSR count). The molecule has 0 spiro atoms. The first-order chi connectivity index (χ1) is 7.09. The third-order valence-electron chi connectivity index (χ3n) is 2.16. The molecule has 2 aromatic rings. The van der Waals surface area contributed by atoms with Crippen LogP contribution < -0.4 is 10.6 Å². The number of nitrogens with zero attached hydrogens (tertiary/aromatic N) is 2. The normalized spacial score (nSPS) is 10.5. The van der Waals surface area contributed by atoms with E-state index in [9.17, 15) is 4.79 Å². The fourth-order valence-electron chi connectivity index (χ4n) is 1.41. The van der Waals surface area contributed by atoms with Gasteiger partial charge in [-0.25, -0.2) is 9.78 Å². The highest BCUT2D eigenvalue weighted by Gasteiger charge is 2.13. The number of amides is 1. The molecule has 0 aliphatic heterocycles. The van der Waals surface area contributed by atoms with Gasteiger partial charge in [0, 0.05) is 7.05 Å². The Balaban J connectivity index is 2.64. The summed E-state index contributed by atoms with van der Waals surface area (Å²) < 4.78 is 0. The summed E-state index contributed by atoms with van der Waals surface area (Å²) >= 11 is 0. The number of aromatic nitrogens is 2. The van der Waals surface area contributed by atoms with Crippen molar-refractivity contribution in [1.29, 1.82) is 0 Å². The van der Waals surface area contributed by atoms with Gasteiger partial charge in [-0.3, -0.25) is 4.90 Å². The SMILES string of the molecule is CN(C(=O)O)c1cccc2[nH]c(N)nc12. The van der Waals surface area contributed by atoms with Gasteiger partial charge in [0.2, 0.25) is 0 Å². The molecule has 6 heteroatoms. The number of nitrogens with two attached hydrogens (primary N) is 1. The fourth-order valence-corrected chi connectivity index (χ4v) is 1.41. The molecule has 0 unspecified atom stereocenters. The van der Waals surface area contributed by atoms with Crippen LogP contribution in [0.2, 0.25) is 0 Å². The number of fused-ring (bicyclic) bond motifs is 1. The number of para-hydroxylation sites is 1. The zero-order valence-electron chi connectivity index (χ0n) is 8.06. The number of nitrogen functional groups attached to an aromatic ring is 1. The quantitative estimate of drug-likeness (QED) is 0.654. The maximum atomic E-state index is 10.8. The second kappa shape index (κ2) is 3.16. The van der Waals surface area contributed by atoms with Crippen LogP contribution in [0.15, 0.2) is 18.2 Å². The molecule has 15 heavy (non-hydrogen) atoms. The largest absolute Gasteiger partial charge is 0.465 e. The average Bonchev–Trinajstić information content (AvgIpc) is 2.56. The molecule has 1 amide bonds. The van der Waals surface area contributed by atoms with Crippen molar-refractivity contribution in [3.8, 4) is 0 Å². The Kier molecular flexibility index (Phi) is 1.96. The Morgan fingerprint density at radius 3 is 3.00 bits per heavy atom. The Hall–Kier alpha value is -2.24. The van der Waals surface area contributed by atoms with E-state index in [-0.39, 0.29) is 5.95 Å². The summed E-state index contributed by atoms with van der Waals surface area (Å²) in [6.07, 6.45) is -1.04. The number of aromatic amines is 1. The molecule has 0 atom stereocenters. The van der Waals surface area contributed by atoms with E-state index in [1.807, 2.05) is 0 Å². The summed E-state index contributed by atoms with van der Waals surface area (Å²) in [7, 11) is 1.46. The molecule has 78 valence electrons. The molecule has 0 aliphatic rings. The van der Waals surface area contributed by atoms with Crippen LogP contribution in [-0.4, -0.2) is 28.2 Å². The number of H-pyrrole nitrogens is 1. The molecule has 0 saturated heterocycles. The summed E-state index contributed by atoms with van der Waals surface area (Å²) in [5, 5.41) is 8.86. The van der Waals surface area contributed by atoms with Crippen LogP contribution in [0.1, 0.15) is 0 Å². The second-order valence-corrected chi connectivity index (χ2v) is 3.14. The molecule has 4 N–H and O–H groups in total. The standard InChI is InChI=1S/C9H10N4O2/c1-13(9(14)15)6-4-2-3-5-7(6)12-8(10)11-5/h2-4H,1H3,(H,14,15)(H3,10,11,12). The predicted molar refractivity (Wildman–Crippen MR) is 56.9 cm³/mol. The highest BCUT2D eigenvalue weighted by atomic mass is 16.4. The number of hydrogen-bond donors (Lipinski definition) is 3. The van der Waals surface area contributed by atoms with Crippen LogP contribution in [0.5, 0.6) is 0 Å². The first kappa shape index (κ1) is 9.32. The molecule has 0 saturated carbocycles. The van der Waals surface area contributed by atoms with E-state index in [0.717, 1.165) is 10.4 Å². The molecule has 0 fully saturated rings. The van der Waals surface area contributed by atoms with Crippen LogP contribution in [0.25, 0.3) is 11.0 Å². The molecular formula is C9H10N4O2. The van der Waals surface area contributed by atoms with Crippen molar-refractivity contribution < 1.29 is 9.90 Å². The van der Waals surface area contributed by atoms with Crippen LogP contribution in [0.4, 0.5) is 16.4 Å². The van der Waals surface area contributed by atoms with E-state index in [1.165, 1.54) is 7.05 Å². The van der Waals surface area contributed by atoms with Crippen molar-refractivity contribution in [2.45, 2.75) is 0 Å². The first-order valence-electron chi connectivity index (χ1n) is 4.30. The highest BCUT2D eigenvalue weighted by molar-refractivity contribution is 5.98. The van der Waals surface area contributed by atoms with E-state index in [4.69, 9.17) is 10.8 Å². The number of anilines is 2. The van der Waals surface area contributed by atoms with Crippen molar-refractivity contribution in [2.24, 2.45) is 0 Å². The van der Waals surface area contributed by atoms with Crippen molar-refractivity contribution >= 4 is 28.8 Å². The summed E-state index contributed by atoms with van der Waals surface area (Å²) in [6, 6.07) is 5.21. The smallest absolute Gasteiger partial charge is 0.411 e. The van der Waals surface area contributed by atoms with Gasteiger partial charge in [0.15, 0.2) is 5.95 Å². The molecule has 1 aromatic carbocycles. The van der Waals surface area contributed by atoms with E-state index < -0.39 is 6.09 Å². The number of nitrogens with one attached hydrogen (secondary N) is 1. The minimum Gasteiger partial charge on any atom is -0.465 e. The number of rotatable bonds is 1. The lowest BCUT2D eigenvalue weighted by Gasteiger charge is -2.12. The summed E-state index contributed by atoms with van der Waals surface area (Å²) in [5.74, 6) is 0.274. The van der Waals surface area contributed by atoms with Crippen LogP contribution in [0, 0.1) is 0 Å². The van der Waals surface area contributed by atoms with Gasteiger partial charge in [0.1, 0.15) is 5.52 Å². The zero-order chi connectivity index (χ0) is 11.0. The number of hydrogen-bond acceptors (Lipinski definition) is 3. The summed E-state index contributed by atoms with van der Waals surface area (Å²) in [4.78, 5) is 18.8.